The van der Waals surface area contributed by atoms with Crippen LogP contribution in [0, 0.1) is 15.9 Å². The minimum absolute atomic E-state index is 0. The number of nitro groups is 1. The number of halogens is 1. The Morgan fingerprint density at radius 2 is 1.95 bits per heavy atom. The first kappa shape index (κ1) is 17.3. The average Bonchev–Trinajstić information content (AvgIpc) is 2.90. The molecule has 1 aromatic carbocycles. The van der Waals surface area contributed by atoms with Crippen molar-refractivity contribution in [2.75, 3.05) is 14.1 Å². The van der Waals surface area contributed by atoms with Gasteiger partial charge in [-0.05, 0) is 27.6 Å². The van der Waals surface area contributed by atoms with Gasteiger partial charge in [0.25, 0.3) is 0 Å². The molecular weight excluding hydrogens is 291 g/mol. The smallest absolute Gasteiger partial charge is 0.358 e. The zero-order chi connectivity index (χ0) is 15.6. The Bertz CT molecular complexity index is 667. The molecule has 0 saturated heterocycles. The van der Waals surface area contributed by atoms with E-state index in [0.29, 0.717) is 5.56 Å². The fourth-order valence-electron chi connectivity index (χ4n) is 1.89. The van der Waals surface area contributed by atoms with Gasteiger partial charge in [0, 0.05) is 14.1 Å². The summed E-state index contributed by atoms with van der Waals surface area (Å²) in [6.07, 6.45) is 2.39. The summed E-state index contributed by atoms with van der Waals surface area (Å²) in [6.45, 7) is 0. The lowest BCUT2D eigenvalue weighted by Gasteiger charge is -2.21. The second-order valence-corrected chi connectivity index (χ2v) is 4.62. The normalized spacial score (nSPS) is 11.4. The van der Waals surface area contributed by atoms with Gasteiger partial charge in [-0.2, -0.15) is 0 Å². The molecule has 8 heteroatoms. The highest BCUT2D eigenvalue weighted by Gasteiger charge is 2.26. The highest BCUT2D eigenvalue weighted by molar-refractivity contribution is 5.83. The van der Waals surface area contributed by atoms with Gasteiger partial charge < -0.3 is 15.0 Å². The molecule has 0 aliphatic heterocycles. The molecule has 0 saturated carbocycles. The van der Waals surface area contributed by atoms with Gasteiger partial charge in [0.05, 0.1) is 0 Å². The first-order valence-electron chi connectivity index (χ1n) is 6.04. The van der Waals surface area contributed by atoms with Crippen LogP contribution in [-0.2, 0) is 4.79 Å². The van der Waals surface area contributed by atoms with Crippen LogP contribution in [-0.4, -0.2) is 39.4 Å². The standard InChI is InChI=1S/C13H13FN4O3.CH4/c1-16(2)13(19)12(9-3-5-10(14)6-4-9)17-7-11(15-8-17)18(20)21;/h3-8,12H,1-2H3;1H4. The van der Waals surface area contributed by atoms with E-state index in [-0.39, 0.29) is 19.2 Å². The Hall–Kier alpha value is -2.77. The lowest BCUT2D eigenvalue weighted by atomic mass is 10.1. The first-order chi connectivity index (χ1) is 9.90. The van der Waals surface area contributed by atoms with Gasteiger partial charge in [0.2, 0.25) is 12.2 Å². The fraction of sp³-hybridized carbons (Fsp3) is 0.286. The third-order valence-corrected chi connectivity index (χ3v) is 2.93. The predicted molar refractivity (Wildman–Crippen MR) is 78.8 cm³/mol. The van der Waals surface area contributed by atoms with Crippen molar-refractivity contribution < 1.29 is 14.1 Å². The maximum Gasteiger partial charge on any atom is 0.381 e. The molecule has 1 amide bonds. The van der Waals surface area contributed by atoms with Crippen molar-refractivity contribution in [1.82, 2.24) is 14.5 Å². The van der Waals surface area contributed by atoms with E-state index in [1.807, 2.05) is 0 Å². The lowest BCUT2D eigenvalue weighted by Crippen LogP contribution is -2.31. The summed E-state index contributed by atoms with van der Waals surface area (Å²) in [5.41, 5.74) is 0.516. The Morgan fingerprint density at radius 1 is 1.36 bits per heavy atom. The van der Waals surface area contributed by atoms with Gasteiger partial charge in [0.1, 0.15) is 18.1 Å². The molecule has 1 heterocycles. The largest absolute Gasteiger partial charge is 0.381 e. The minimum Gasteiger partial charge on any atom is -0.358 e. The molecule has 0 N–H and O–H groups in total. The van der Waals surface area contributed by atoms with Crippen molar-refractivity contribution >= 4 is 11.7 Å². The summed E-state index contributed by atoms with van der Waals surface area (Å²) in [5.74, 6) is -1.08. The number of aromatic nitrogens is 2. The minimum atomic E-state index is -0.832. The van der Waals surface area contributed by atoms with Crippen molar-refractivity contribution in [3.05, 3.63) is 58.3 Å². The Labute approximate surface area is 127 Å². The van der Waals surface area contributed by atoms with Gasteiger partial charge in [-0.3, -0.25) is 9.36 Å². The van der Waals surface area contributed by atoms with Crippen molar-refractivity contribution in [2.24, 2.45) is 0 Å². The third-order valence-electron chi connectivity index (χ3n) is 2.93. The highest BCUT2D eigenvalue weighted by Crippen LogP contribution is 2.22. The Balaban J connectivity index is 0.00000242. The summed E-state index contributed by atoms with van der Waals surface area (Å²) < 4.78 is 14.4. The van der Waals surface area contributed by atoms with Crippen molar-refractivity contribution in [3.8, 4) is 0 Å². The molecular formula is C14H17FN4O3. The zero-order valence-corrected chi connectivity index (χ0v) is 11.4. The summed E-state index contributed by atoms with van der Waals surface area (Å²) in [7, 11) is 3.15. The molecule has 0 spiro atoms. The average molecular weight is 308 g/mol. The molecule has 22 heavy (non-hydrogen) atoms. The Kier molecular flexibility index (Phi) is 5.33. The molecule has 1 aromatic heterocycles. The summed E-state index contributed by atoms with van der Waals surface area (Å²) in [6, 6.07) is 4.56. The highest BCUT2D eigenvalue weighted by atomic mass is 19.1. The van der Waals surface area contributed by atoms with Gasteiger partial charge in [0.15, 0.2) is 0 Å². The zero-order valence-electron chi connectivity index (χ0n) is 11.4. The van der Waals surface area contributed by atoms with Crippen molar-refractivity contribution in [1.29, 1.82) is 0 Å². The van der Waals surface area contributed by atoms with Gasteiger partial charge >= 0.3 is 5.82 Å². The number of rotatable bonds is 4. The van der Waals surface area contributed by atoms with Crippen LogP contribution in [0.3, 0.4) is 0 Å². The second-order valence-electron chi connectivity index (χ2n) is 4.62. The number of hydrogen-bond donors (Lipinski definition) is 0. The van der Waals surface area contributed by atoms with Crippen LogP contribution in [0.5, 0.6) is 0 Å². The molecule has 118 valence electrons. The van der Waals surface area contributed by atoms with Crippen LogP contribution >= 0.6 is 0 Å². The Morgan fingerprint density at radius 3 is 2.41 bits per heavy atom. The van der Waals surface area contributed by atoms with Crippen LogP contribution in [0.4, 0.5) is 10.2 Å². The summed E-state index contributed by atoms with van der Waals surface area (Å²) >= 11 is 0. The van der Waals surface area contributed by atoms with E-state index in [1.165, 1.54) is 46.3 Å². The summed E-state index contributed by atoms with van der Waals surface area (Å²) in [5, 5.41) is 10.7. The van der Waals surface area contributed by atoms with E-state index >= 15 is 0 Å². The molecule has 2 rings (SSSR count). The number of carbonyl (C=O) groups is 1. The lowest BCUT2D eigenvalue weighted by molar-refractivity contribution is -0.389. The SMILES string of the molecule is C.CN(C)C(=O)C(c1ccc(F)cc1)n1cnc([N+](=O)[O-])c1. The third kappa shape index (κ3) is 3.46. The quantitative estimate of drug-likeness (QED) is 0.641. The van der Waals surface area contributed by atoms with Crippen molar-refractivity contribution in [3.63, 3.8) is 0 Å². The first-order valence-corrected chi connectivity index (χ1v) is 6.04. The van der Waals surface area contributed by atoms with Gasteiger partial charge in [-0.15, -0.1) is 0 Å². The van der Waals surface area contributed by atoms with Gasteiger partial charge in [-0.1, -0.05) is 19.6 Å². The number of nitrogens with zero attached hydrogens (tertiary/aromatic N) is 4. The number of imidazole rings is 1. The van der Waals surface area contributed by atoms with Gasteiger partial charge in [-0.25, -0.2) is 4.39 Å². The maximum atomic E-state index is 13.0. The molecule has 2 aromatic rings. The number of likely N-dealkylation sites (N-methyl/N-ethyl adjacent to an activating group) is 1. The molecule has 0 bridgehead atoms. The fourth-order valence-corrected chi connectivity index (χ4v) is 1.89. The molecule has 0 aliphatic rings. The number of hydrogen-bond acceptors (Lipinski definition) is 4. The van der Waals surface area contributed by atoms with E-state index in [2.05, 4.69) is 4.98 Å². The van der Waals surface area contributed by atoms with Crippen LogP contribution in [0.2, 0.25) is 0 Å². The van der Waals surface area contributed by atoms with E-state index in [0.717, 1.165) is 0 Å². The van der Waals surface area contributed by atoms with E-state index in [9.17, 15) is 19.3 Å². The van der Waals surface area contributed by atoms with Crippen LogP contribution in [0.1, 0.15) is 19.0 Å². The molecule has 1 unspecified atom stereocenters. The topological polar surface area (TPSA) is 81.3 Å². The van der Waals surface area contributed by atoms with E-state index in [1.54, 1.807) is 14.1 Å². The van der Waals surface area contributed by atoms with E-state index < -0.39 is 16.8 Å². The van der Waals surface area contributed by atoms with Crippen LogP contribution in [0.25, 0.3) is 0 Å². The monoisotopic (exact) mass is 308 g/mol. The molecule has 1 atom stereocenters. The summed E-state index contributed by atoms with van der Waals surface area (Å²) in [4.78, 5) is 27.4. The van der Waals surface area contributed by atoms with Crippen LogP contribution in [0.15, 0.2) is 36.8 Å². The number of carbonyl (C=O) groups excluding carboxylic acids is 1. The predicted octanol–water partition coefficient (Wildman–Crippen LogP) is 2.24. The molecule has 7 nitrogen and oxygen atoms in total. The maximum absolute atomic E-state index is 13.0. The molecule has 0 radical (unpaired) electrons. The van der Waals surface area contributed by atoms with E-state index in [4.69, 9.17) is 0 Å². The second kappa shape index (κ2) is 6.79. The number of benzene rings is 1. The van der Waals surface area contributed by atoms with Crippen LogP contribution < -0.4 is 0 Å². The van der Waals surface area contributed by atoms with Crippen molar-refractivity contribution in [2.45, 2.75) is 13.5 Å². The number of amides is 1. The molecule has 0 aliphatic carbocycles. The molecule has 0 fully saturated rings.